The van der Waals surface area contributed by atoms with E-state index in [1.165, 1.54) is 12.1 Å². The normalized spacial score (nSPS) is 18.9. The first-order valence-electron chi connectivity index (χ1n) is 4.26. The van der Waals surface area contributed by atoms with Crippen molar-refractivity contribution in [1.82, 2.24) is 10.9 Å². The number of hydrazine groups is 1. The van der Waals surface area contributed by atoms with Gasteiger partial charge < -0.3 is 0 Å². The van der Waals surface area contributed by atoms with Gasteiger partial charge in [0, 0.05) is 5.33 Å². The first kappa shape index (κ1) is 10.9. The second-order valence-corrected chi connectivity index (χ2v) is 3.89. The van der Waals surface area contributed by atoms with Gasteiger partial charge in [-0.3, -0.25) is 0 Å². The van der Waals surface area contributed by atoms with Crippen LogP contribution in [-0.2, 0) is 11.0 Å². The lowest BCUT2D eigenvalue weighted by atomic mass is 10.0. The molecule has 0 atom stereocenters. The molecule has 15 heavy (non-hydrogen) atoms. The molecule has 2 nitrogen and oxygen atoms in total. The van der Waals surface area contributed by atoms with Crippen LogP contribution < -0.4 is 10.9 Å². The summed E-state index contributed by atoms with van der Waals surface area (Å²) in [6.07, 6.45) is -4.34. The fraction of sp³-hybridized carbons (Fsp3) is 0.333. The van der Waals surface area contributed by atoms with Crippen molar-refractivity contribution in [2.75, 3.05) is 0 Å². The van der Waals surface area contributed by atoms with E-state index < -0.39 is 11.8 Å². The van der Waals surface area contributed by atoms with Crippen LogP contribution >= 0.6 is 15.9 Å². The predicted molar refractivity (Wildman–Crippen MR) is 53.1 cm³/mol. The van der Waals surface area contributed by atoms with Gasteiger partial charge in [0.15, 0.2) is 0 Å². The zero-order valence-corrected chi connectivity index (χ0v) is 9.11. The van der Waals surface area contributed by atoms with Crippen LogP contribution in [0.5, 0.6) is 0 Å². The summed E-state index contributed by atoms with van der Waals surface area (Å²) in [5.74, 6) is 0. The van der Waals surface area contributed by atoms with Crippen LogP contribution in [0.3, 0.4) is 0 Å². The number of rotatable bonds is 2. The summed E-state index contributed by atoms with van der Waals surface area (Å²) in [6, 6.07) is 6.35. The molecule has 0 spiro atoms. The summed E-state index contributed by atoms with van der Waals surface area (Å²) >= 11 is 3.21. The summed E-state index contributed by atoms with van der Waals surface area (Å²) in [7, 11) is 0. The van der Waals surface area contributed by atoms with Gasteiger partial charge in [0.25, 0.3) is 0 Å². The molecule has 82 valence electrons. The van der Waals surface area contributed by atoms with Crippen LogP contribution in [0.2, 0.25) is 0 Å². The molecule has 0 unspecified atom stereocenters. The van der Waals surface area contributed by atoms with Crippen molar-refractivity contribution in [3.8, 4) is 0 Å². The lowest BCUT2D eigenvalue weighted by Gasteiger charge is -2.16. The molecule has 1 aliphatic rings. The monoisotopic (exact) mass is 280 g/mol. The van der Waals surface area contributed by atoms with E-state index >= 15 is 0 Å². The fourth-order valence-electron chi connectivity index (χ4n) is 1.40. The highest BCUT2D eigenvalue weighted by Crippen LogP contribution is 2.42. The van der Waals surface area contributed by atoms with E-state index in [4.69, 9.17) is 0 Å². The van der Waals surface area contributed by atoms with E-state index in [9.17, 15) is 13.2 Å². The van der Waals surface area contributed by atoms with Crippen molar-refractivity contribution in [2.45, 2.75) is 17.2 Å². The molecule has 1 saturated heterocycles. The number of hydrogen-bond acceptors (Lipinski definition) is 2. The number of hydrogen-bond donors (Lipinski definition) is 2. The molecular formula is C9H8BrF3N2. The third kappa shape index (κ3) is 1.77. The van der Waals surface area contributed by atoms with Crippen LogP contribution in [0.1, 0.15) is 11.1 Å². The first-order chi connectivity index (χ1) is 6.99. The minimum Gasteiger partial charge on any atom is -0.223 e. The Bertz CT molecular complexity index is 374. The van der Waals surface area contributed by atoms with Gasteiger partial charge in [-0.25, -0.2) is 10.9 Å². The summed E-state index contributed by atoms with van der Waals surface area (Å²) in [4.78, 5) is 0. The zero-order chi connectivity index (χ0) is 11.1. The SMILES string of the molecule is FC(F)(F)C1(c2cccc(CBr)c2)NN1. The van der Waals surface area contributed by atoms with Crippen molar-refractivity contribution in [1.29, 1.82) is 0 Å². The van der Waals surface area contributed by atoms with Crippen LogP contribution in [-0.4, -0.2) is 6.18 Å². The Labute approximate surface area is 93.0 Å². The molecular weight excluding hydrogens is 273 g/mol. The van der Waals surface area contributed by atoms with Gasteiger partial charge in [0.1, 0.15) is 0 Å². The van der Waals surface area contributed by atoms with E-state index in [2.05, 4.69) is 26.8 Å². The molecule has 1 aromatic rings. The maximum atomic E-state index is 12.7. The summed E-state index contributed by atoms with van der Waals surface area (Å²) in [5.41, 5.74) is 3.28. The van der Waals surface area contributed by atoms with Crippen molar-refractivity contribution in [3.05, 3.63) is 35.4 Å². The quantitative estimate of drug-likeness (QED) is 0.645. The highest BCUT2D eigenvalue weighted by molar-refractivity contribution is 9.08. The van der Waals surface area contributed by atoms with Gasteiger partial charge in [-0.1, -0.05) is 40.2 Å². The largest absolute Gasteiger partial charge is 0.426 e. The van der Waals surface area contributed by atoms with Crippen molar-refractivity contribution < 1.29 is 13.2 Å². The van der Waals surface area contributed by atoms with Gasteiger partial charge in [0.2, 0.25) is 5.66 Å². The first-order valence-corrected chi connectivity index (χ1v) is 5.38. The van der Waals surface area contributed by atoms with Crippen LogP contribution in [0.25, 0.3) is 0 Å². The summed E-state index contributed by atoms with van der Waals surface area (Å²) in [5, 5.41) is 0.536. The van der Waals surface area contributed by atoms with Gasteiger partial charge in [-0.15, -0.1) is 0 Å². The standard InChI is InChI=1S/C9H8BrF3N2/c10-5-6-2-1-3-7(4-6)8(14-15-8)9(11,12)13/h1-4,14-15H,5H2. The van der Waals surface area contributed by atoms with Gasteiger partial charge >= 0.3 is 6.18 Å². The van der Waals surface area contributed by atoms with E-state index in [0.717, 1.165) is 5.56 Å². The Morgan fingerprint density at radius 1 is 1.27 bits per heavy atom. The Morgan fingerprint density at radius 3 is 2.40 bits per heavy atom. The number of alkyl halides is 4. The minimum atomic E-state index is -4.34. The third-order valence-corrected chi connectivity index (χ3v) is 2.96. The molecule has 1 aromatic carbocycles. The minimum absolute atomic E-state index is 0.187. The maximum absolute atomic E-state index is 12.7. The molecule has 1 heterocycles. The van der Waals surface area contributed by atoms with Crippen LogP contribution in [0.4, 0.5) is 13.2 Å². The Balaban J connectivity index is 2.38. The molecule has 0 bridgehead atoms. The molecule has 2 N–H and O–H groups in total. The Kier molecular flexibility index (Phi) is 2.52. The van der Waals surface area contributed by atoms with Gasteiger partial charge in [-0.05, 0) is 11.1 Å². The smallest absolute Gasteiger partial charge is 0.223 e. The molecule has 0 radical (unpaired) electrons. The molecule has 0 aromatic heterocycles. The number of halogens is 4. The van der Waals surface area contributed by atoms with Crippen LogP contribution in [0, 0.1) is 0 Å². The van der Waals surface area contributed by atoms with Gasteiger partial charge in [-0.2, -0.15) is 13.2 Å². The fourth-order valence-corrected chi connectivity index (χ4v) is 1.75. The van der Waals surface area contributed by atoms with Gasteiger partial charge in [0.05, 0.1) is 0 Å². The maximum Gasteiger partial charge on any atom is 0.426 e. The average molecular weight is 281 g/mol. The molecule has 6 heteroatoms. The summed E-state index contributed by atoms with van der Waals surface area (Å²) in [6.45, 7) is 0. The molecule has 0 amide bonds. The van der Waals surface area contributed by atoms with Crippen molar-refractivity contribution in [2.24, 2.45) is 0 Å². The Hall–Kier alpha value is -0.590. The Morgan fingerprint density at radius 2 is 1.93 bits per heavy atom. The number of benzene rings is 1. The molecule has 1 aliphatic heterocycles. The lowest BCUT2D eigenvalue weighted by molar-refractivity contribution is -0.165. The highest BCUT2D eigenvalue weighted by Gasteiger charge is 2.65. The second-order valence-electron chi connectivity index (χ2n) is 3.33. The van der Waals surface area contributed by atoms with Crippen molar-refractivity contribution >= 4 is 15.9 Å². The topological polar surface area (TPSA) is 43.9 Å². The molecule has 2 rings (SSSR count). The number of nitrogens with one attached hydrogen (secondary N) is 2. The second kappa shape index (κ2) is 3.47. The summed E-state index contributed by atoms with van der Waals surface area (Å²) < 4.78 is 38.0. The third-order valence-electron chi connectivity index (χ3n) is 2.31. The highest BCUT2D eigenvalue weighted by atomic mass is 79.9. The van der Waals surface area contributed by atoms with E-state index in [1.54, 1.807) is 12.1 Å². The van der Waals surface area contributed by atoms with E-state index in [0.29, 0.717) is 5.33 Å². The van der Waals surface area contributed by atoms with E-state index in [-0.39, 0.29) is 5.56 Å². The lowest BCUT2D eigenvalue weighted by Crippen LogP contribution is -2.34. The van der Waals surface area contributed by atoms with E-state index in [1.807, 2.05) is 0 Å². The molecule has 0 aliphatic carbocycles. The predicted octanol–water partition coefficient (Wildman–Crippen LogP) is 2.40. The molecule has 0 saturated carbocycles. The zero-order valence-electron chi connectivity index (χ0n) is 7.53. The van der Waals surface area contributed by atoms with Crippen molar-refractivity contribution in [3.63, 3.8) is 0 Å². The molecule has 1 fully saturated rings. The average Bonchev–Trinajstić information content (AvgIpc) is 2.97. The van der Waals surface area contributed by atoms with Crippen LogP contribution in [0.15, 0.2) is 24.3 Å².